The van der Waals surface area contributed by atoms with Crippen LogP contribution in [0.1, 0.15) is 52.3 Å². The minimum absolute atomic E-state index is 0.171. The van der Waals surface area contributed by atoms with Crippen LogP contribution in [0.5, 0.6) is 0 Å². The van der Waals surface area contributed by atoms with Crippen LogP contribution in [0.25, 0.3) is 10.8 Å². The Morgan fingerprint density at radius 3 is 1.78 bits per heavy atom. The number of carbonyl (C=O) groups is 1. The summed E-state index contributed by atoms with van der Waals surface area (Å²) in [4.78, 5) is 16.5. The van der Waals surface area contributed by atoms with E-state index < -0.39 is 20.6 Å². The first-order chi connectivity index (χ1) is 32.6. The molecule has 0 radical (unpaired) electrons. The van der Waals surface area contributed by atoms with Crippen LogP contribution in [0.15, 0.2) is 182 Å². The maximum absolute atomic E-state index is 15.6. The molecular formula is C59H57BN2O3P2. The molecule has 5 nitrogen and oxygen atoms in total. The number of hydrogen-bond acceptors (Lipinski definition) is 5. The van der Waals surface area contributed by atoms with Gasteiger partial charge in [0.25, 0.3) is 0 Å². The molecule has 10 rings (SSSR count). The van der Waals surface area contributed by atoms with Crippen molar-refractivity contribution in [2.45, 2.75) is 59.9 Å². The van der Waals surface area contributed by atoms with Gasteiger partial charge in [-0.2, -0.15) is 0 Å². The summed E-state index contributed by atoms with van der Waals surface area (Å²) in [5.41, 5.74) is 11.7. The number of anilines is 2. The van der Waals surface area contributed by atoms with Crippen LogP contribution >= 0.6 is 15.2 Å². The van der Waals surface area contributed by atoms with Crippen LogP contribution in [-0.4, -0.2) is 26.2 Å². The molecule has 2 aliphatic rings. The molecule has 8 heteroatoms. The van der Waals surface area contributed by atoms with E-state index in [4.69, 9.17) is 4.74 Å². The number of methoxy groups -OCH3 is 1. The average molecular weight is 915 g/mol. The van der Waals surface area contributed by atoms with E-state index in [0.717, 1.165) is 17.0 Å². The number of benzene rings is 8. The molecule has 0 bridgehead atoms. The fraction of sp³-hybridized carbons (Fsp3) is 0.203. The van der Waals surface area contributed by atoms with Crippen molar-refractivity contribution in [1.82, 2.24) is 0 Å². The zero-order valence-corrected chi connectivity index (χ0v) is 40.9. The summed E-state index contributed by atoms with van der Waals surface area (Å²) in [5, 5.41) is 6.79. The van der Waals surface area contributed by atoms with E-state index in [1.165, 1.54) is 84.3 Å². The predicted octanol–water partition coefficient (Wildman–Crippen LogP) is 11.3. The van der Waals surface area contributed by atoms with Gasteiger partial charge in [0.05, 0.1) is 12.5 Å². The largest absolute Gasteiger partial charge is 0.469 e. The van der Waals surface area contributed by atoms with Crippen LogP contribution in [0.3, 0.4) is 0 Å². The molecule has 0 saturated carbocycles. The molecule has 0 amide bonds. The van der Waals surface area contributed by atoms with Crippen LogP contribution < -0.4 is 36.1 Å². The zero-order valence-electron chi connectivity index (χ0n) is 39.2. The third kappa shape index (κ3) is 8.13. The van der Waals surface area contributed by atoms with Gasteiger partial charge in [0.2, 0.25) is 0 Å². The first kappa shape index (κ1) is 44.6. The molecule has 8 aromatic carbocycles. The van der Waals surface area contributed by atoms with Gasteiger partial charge < -0.3 is 18.7 Å². The van der Waals surface area contributed by atoms with Crippen LogP contribution in [-0.2, 0) is 39.9 Å². The van der Waals surface area contributed by atoms with Gasteiger partial charge in [0, 0.05) is 48.1 Å². The first-order valence-corrected chi connectivity index (χ1v) is 26.7. The van der Waals surface area contributed by atoms with Gasteiger partial charge in [0.1, 0.15) is 7.14 Å². The lowest BCUT2D eigenvalue weighted by molar-refractivity contribution is -0.151. The van der Waals surface area contributed by atoms with E-state index in [-0.39, 0.29) is 13.0 Å². The SMILES string of the molecule is COC(=O)C1(C)Cc2c(C)c(CCCP(=O)(c3ccccc3)c3ccccc3)c(B3N(Cc4ccccc4)c4cc(C)cc5cccc(c45)N3P(c3ccccc3)c3ccccc3)c(C)c2C1. The predicted molar refractivity (Wildman–Crippen MR) is 285 cm³/mol. The number of nitrogens with zero attached hydrogens (tertiary/aromatic N) is 2. The highest BCUT2D eigenvalue weighted by Crippen LogP contribution is 2.53. The van der Waals surface area contributed by atoms with E-state index in [1.807, 2.05) is 60.7 Å². The Labute approximate surface area is 398 Å². The van der Waals surface area contributed by atoms with Crippen molar-refractivity contribution in [1.29, 1.82) is 0 Å². The Hall–Kier alpha value is -6.19. The quantitative estimate of drug-likeness (QED) is 0.0655. The zero-order chi connectivity index (χ0) is 46.3. The highest BCUT2D eigenvalue weighted by atomic mass is 31.2. The van der Waals surface area contributed by atoms with Crippen molar-refractivity contribution >= 4 is 77.0 Å². The average Bonchev–Trinajstić information content (AvgIpc) is 3.75. The smallest absolute Gasteiger partial charge is 0.416 e. The molecule has 67 heavy (non-hydrogen) atoms. The molecule has 1 heterocycles. The number of esters is 1. The fourth-order valence-corrected chi connectivity index (χ4v) is 16.4. The molecule has 8 aromatic rings. The van der Waals surface area contributed by atoms with Crippen LogP contribution in [0, 0.1) is 26.2 Å². The molecule has 0 aromatic heterocycles. The number of aryl methyl sites for hydroxylation is 1. The lowest BCUT2D eigenvalue weighted by atomic mass is 9.58. The molecule has 1 atom stereocenters. The van der Waals surface area contributed by atoms with E-state index in [0.29, 0.717) is 32.0 Å². The normalized spacial score (nSPS) is 15.6. The third-order valence-corrected chi connectivity index (χ3v) is 20.0. The first-order valence-electron chi connectivity index (χ1n) is 23.6. The standard InChI is InChI=1S/C59H57BN2O3P2/c1-42-37-46-25-21-35-54-56(46)55(38-42)61(41-45-23-11-6-12-24-45)60(62(54)66(47-26-13-7-14-27-47)48-28-15-8-16-29-48)57-44(3)53-40-59(4,58(63)65-5)39-52(53)43(2)51(57)34-22-36-67(64,49-30-17-9-18-31-49)50-32-19-10-20-33-50/h6-21,23-33,35,37-38H,22,34,36,39-41H2,1-5H3. The number of ether oxygens (including phenoxy) is 1. The summed E-state index contributed by atoms with van der Waals surface area (Å²) in [7, 11) is -2.68. The Morgan fingerprint density at radius 2 is 1.21 bits per heavy atom. The lowest BCUT2D eigenvalue weighted by Crippen LogP contribution is -2.63. The van der Waals surface area contributed by atoms with Crippen LogP contribution in [0.2, 0.25) is 0 Å². The molecule has 1 aliphatic carbocycles. The van der Waals surface area contributed by atoms with Gasteiger partial charge in [-0.25, -0.2) is 0 Å². The number of fused-ring (bicyclic) bond motifs is 1. The van der Waals surface area contributed by atoms with Gasteiger partial charge >= 0.3 is 13.0 Å². The maximum atomic E-state index is 15.6. The number of rotatable bonds is 13. The summed E-state index contributed by atoms with van der Waals surface area (Å²) >= 11 is 0. The highest BCUT2D eigenvalue weighted by molar-refractivity contribution is 7.78. The van der Waals surface area contributed by atoms with E-state index in [9.17, 15) is 4.79 Å². The molecule has 0 spiro atoms. The molecule has 0 N–H and O–H groups in total. The monoisotopic (exact) mass is 914 g/mol. The maximum Gasteiger partial charge on any atom is 0.416 e. The van der Waals surface area contributed by atoms with E-state index in [1.54, 1.807) is 0 Å². The van der Waals surface area contributed by atoms with Gasteiger partial charge in [-0.3, -0.25) is 4.79 Å². The Bertz CT molecular complexity index is 3050. The molecule has 1 unspecified atom stereocenters. The van der Waals surface area contributed by atoms with Gasteiger partial charge in [0.15, 0.2) is 0 Å². The fourth-order valence-electron chi connectivity index (χ4n) is 11.2. The van der Waals surface area contributed by atoms with Gasteiger partial charge in [-0.1, -0.05) is 170 Å². The molecular weight excluding hydrogens is 857 g/mol. The summed E-state index contributed by atoms with van der Waals surface area (Å²) in [6.45, 7) is 9.30. The van der Waals surface area contributed by atoms with Crippen LogP contribution in [0.4, 0.5) is 11.4 Å². The highest BCUT2D eigenvalue weighted by Gasteiger charge is 2.49. The summed E-state index contributed by atoms with van der Waals surface area (Å²) in [6.07, 6.45) is 3.18. The topological polar surface area (TPSA) is 49.9 Å². The van der Waals surface area contributed by atoms with Crippen molar-refractivity contribution in [3.63, 3.8) is 0 Å². The molecule has 1 aliphatic heterocycles. The van der Waals surface area contributed by atoms with Gasteiger partial charge in [-0.05, 0) is 126 Å². The minimum Gasteiger partial charge on any atom is -0.469 e. The molecule has 0 fully saturated rings. The molecule has 334 valence electrons. The summed E-state index contributed by atoms with van der Waals surface area (Å²) in [6, 6.07) is 64.8. The number of hydrogen-bond donors (Lipinski definition) is 0. The Kier molecular flexibility index (Phi) is 12.3. The summed E-state index contributed by atoms with van der Waals surface area (Å²) < 4.78 is 24.0. The van der Waals surface area contributed by atoms with Crippen molar-refractivity contribution in [3.8, 4) is 0 Å². The van der Waals surface area contributed by atoms with Crippen molar-refractivity contribution in [2.75, 3.05) is 22.7 Å². The second-order valence-electron chi connectivity index (χ2n) is 18.7. The van der Waals surface area contributed by atoms with Gasteiger partial charge in [-0.15, -0.1) is 0 Å². The lowest BCUT2D eigenvalue weighted by Gasteiger charge is -2.49. The Balaban J connectivity index is 1.25. The third-order valence-electron chi connectivity index (χ3n) is 14.3. The van der Waals surface area contributed by atoms with Crippen molar-refractivity contribution in [3.05, 3.63) is 221 Å². The van der Waals surface area contributed by atoms with E-state index >= 15 is 4.57 Å². The Morgan fingerprint density at radius 1 is 0.672 bits per heavy atom. The second kappa shape index (κ2) is 18.5. The summed E-state index contributed by atoms with van der Waals surface area (Å²) in [5.74, 6) is -0.171. The van der Waals surface area contributed by atoms with Crippen molar-refractivity contribution in [2.24, 2.45) is 5.41 Å². The second-order valence-corrected chi connectivity index (χ2v) is 23.8. The van der Waals surface area contributed by atoms with Crippen molar-refractivity contribution < 1.29 is 14.1 Å². The number of carbonyl (C=O) groups excluding carboxylic acids is 1. The minimum atomic E-state index is -3.01. The van der Waals surface area contributed by atoms with E-state index in [2.05, 4.69) is 158 Å². The molecule has 0 saturated heterocycles.